The van der Waals surface area contributed by atoms with Gasteiger partial charge in [-0.15, -0.1) is 0 Å². The molecule has 1 rings (SSSR count). The molecule has 12 heavy (non-hydrogen) atoms. The minimum absolute atomic E-state index is 0.354. The third-order valence-electron chi connectivity index (χ3n) is 1.76. The monoisotopic (exact) mass is 166 g/mol. The van der Waals surface area contributed by atoms with Crippen LogP contribution in [0.2, 0.25) is 0 Å². The molecule has 0 aromatic heterocycles. The summed E-state index contributed by atoms with van der Waals surface area (Å²) in [5.41, 5.74) is 4.71. The van der Waals surface area contributed by atoms with Gasteiger partial charge >= 0.3 is 7.12 Å². The van der Waals surface area contributed by atoms with Crippen molar-refractivity contribution in [3.63, 3.8) is 0 Å². The van der Waals surface area contributed by atoms with Gasteiger partial charge in [-0.3, -0.25) is 0 Å². The van der Waals surface area contributed by atoms with Crippen LogP contribution < -0.4 is 5.73 Å². The summed E-state index contributed by atoms with van der Waals surface area (Å²) in [5, 5.41) is 17.6. The van der Waals surface area contributed by atoms with E-state index >= 15 is 0 Å². The van der Waals surface area contributed by atoms with Crippen LogP contribution in [0.1, 0.15) is 5.56 Å². The minimum atomic E-state index is -1.33. The molecule has 0 aliphatic heterocycles. The molecule has 0 spiro atoms. The average Bonchev–Trinajstić information content (AvgIpc) is 2.06. The van der Waals surface area contributed by atoms with Crippen molar-refractivity contribution >= 4 is 7.12 Å². The van der Waals surface area contributed by atoms with Crippen molar-refractivity contribution in [3.8, 4) is 0 Å². The molecule has 0 unspecified atom stereocenters. The van der Waals surface area contributed by atoms with Crippen LogP contribution in [0.25, 0.3) is 0 Å². The van der Waals surface area contributed by atoms with Gasteiger partial charge in [0.15, 0.2) is 0 Å². The third kappa shape index (κ3) is 2.66. The Labute approximate surface area is 72.0 Å². The Balaban J connectivity index is 2.53. The van der Waals surface area contributed by atoms with E-state index < -0.39 is 7.12 Å². The lowest BCUT2D eigenvalue weighted by Crippen LogP contribution is -2.69. The fraction of sp³-hybridized carbons (Fsp3) is 0.250. The zero-order valence-corrected chi connectivity index (χ0v) is 6.85. The van der Waals surface area contributed by atoms with Gasteiger partial charge in [0.2, 0.25) is 0 Å². The molecule has 0 fully saturated rings. The largest absolute Gasteiger partial charge is 0.515 e. The summed E-state index contributed by atoms with van der Waals surface area (Å²) in [5.74, 6) is -0.354. The first-order chi connectivity index (χ1) is 5.70. The van der Waals surface area contributed by atoms with E-state index in [4.69, 9.17) is 10.0 Å². The molecule has 4 heteroatoms. The predicted octanol–water partition coefficient (Wildman–Crippen LogP) is -1.15. The smallest absolute Gasteiger partial charge is 0.423 e. The van der Waals surface area contributed by atoms with Gasteiger partial charge < -0.3 is 15.8 Å². The van der Waals surface area contributed by atoms with Gasteiger partial charge in [0.1, 0.15) is 5.94 Å². The van der Waals surface area contributed by atoms with E-state index in [0.717, 1.165) is 5.56 Å². The molecule has 1 aromatic carbocycles. The molecule has 1 atom stereocenters. The van der Waals surface area contributed by atoms with Gasteiger partial charge in [-0.05, 0) is 5.56 Å². The van der Waals surface area contributed by atoms with Crippen LogP contribution in [0.5, 0.6) is 0 Å². The normalized spacial score (nSPS) is 12.6. The van der Waals surface area contributed by atoms with Crippen molar-refractivity contribution < 1.29 is 15.8 Å². The van der Waals surface area contributed by atoms with Crippen molar-refractivity contribution in [2.45, 2.75) is 12.4 Å². The van der Waals surface area contributed by atoms with Crippen molar-refractivity contribution in [3.05, 3.63) is 35.9 Å². The summed E-state index contributed by atoms with van der Waals surface area (Å²) < 4.78 is 0. The molecule has 0 amide bonds. The molecule has 0 heterocycles. The fourth-order valence-electron chi connectivity index (χ4n) is 1.02. The van der Waals surface area contributed by atoms with E-state index in [-0.39, 0.29) is 5.94 Å². The zero-order chi connectivity index (χ0) is 8.97. The maximum atomic E-state index is 8.78. The molecule has 0 saturated carbocycles. The van der Waals surface area contributed by atoms with Crippen LogP contribution in [-0.4, -0.2) is 23.1 Å². The second kappa shape index (κ2) is 4.26. The number of hydrogen-bond acceptors (Lipinski definition) is 2. The molecule has 3 nitrogen and oxygen atoms in total. The molecule has 5 N–H and O–H groups in total. The lowest BCUT2D eigenvalue weighted by Gasteiger charge is -2.05. The van der Waals surface area contributed by atoms with E-state index in [2.05, 4.69) is 5.73 Å². The lowest BCUT2D eigenvalue weighted by molar-refractivity contribution is -0.396. The summed E-state index contributed by atoms with van der Waals surface area (Å²) >= 11 is 0. The Kier molecular flexibility index (Phi) is 3.28. The molecule has 0 aliphatic rings. The van der Waals surface area contributed by atoms with E-state index in [1.807, 2.05) is 30.3 Å². The van der Waals surface area contributed by atoms with E-state index in [1.165, 1.54) is 0 Å². The van der Waals surface area contributed by atoms with E-state index in [0.29, 0.717) is 6.42 Å². The number of benzene rings is 1. The second-order valence-corrected chi connectivity index (χ2v) is 2.86. The van der Waals surface area contributed by atoms with Gasteiger partial charge in [-0.1, -0.05) is 30.3 Å². The Morgan fingerprint density at radius 1 is 1.25 bits per heavy atom. The van der Waals surface area contributed by atoms with Crippen LogP contribution in [0.4, 0.5) is 0 Å². The summed E-state index contributed by atoms with van der Waals surface area (Å²) in [6.45, 7) is 0. The highest BCUT2D eigenvalue weighted by Gasteiger charge is 2.22. The van der Waals surface area contributed by atoms with Gasteiger partial charge in [0, 0.05) is 6.42 Å². The number of quaternary nitrogens is 1. The zero-order valence-electron chi connectivity index (χ0n) is 6.85. The van der Waals surface area contributed by atoms with Crippen molar-refractivity contribution in [2.75, 3.05) is 0 Å². The van der Waals surface area contributed by atoms with Gasteiger partial charge in [0.25, 0.3) is 0 Å². The highest BCUT2D eigenvalue weighted by atomic mass is 16.4. The lowest BCUT2D eigenvalue weighted by atomic mass is 9.77. The number of rotatable bonds is 3. The summed E-state index contributed by atoms with van der Waals surface area (Å²) in [7, 11) is -1.33. The molecule has 1 aromatic rings. The summed E-state index contributed by atoms with van der Waals surface area (Å²) in [4.78, 5) is 0. The van der Waals surface area contributed by atoms with Crippen molar-refractivity contribution in [1.82, 2.24) is 0 Å². The van der Waals surface area contributed by atoms with Crippen LogP contribution in [-0.2, 0) is 6.42 Å². The van der Waals surface area contributed by atoms with Gasteiger partial charge in [0.05, 0.1) is 0 Å². The molecule has 0 bridgehead atoms. The Morgan fingerprint density at radius 2 is 1.83 bits per heavy atom. The Hall–Kier alpha value is -0.835. The van der Waals surface area contributed by atoms with Crippen LogP contribution in [0, 0.1) is 0 Å². The Bertz CT molecular complexity index is 228. The first kappa shape index (κ1) is 9.25. The molecule has 0 saturated heterocycles. The second-order valence-electron chi connectivity index (χ2n) is 2.86. The quantitative estimate of drug-likeness (QED) is 0.496. The Morgan fingerprint density at radius 3 is 2.33 bits per heavy atom. The molecular weight excluding hydrogens is 153 g/mol. The first-order valence-corrected chi connectivity index (χ1v) is 3.93. The van der Waals surface area contributed by atoms with Crippen molar-refractivity contribution in [2.24, 2.45) is 0 Å². The fourth-order valence-corrected chi connectivity index (χ4v) is 1.02. The number of hydrogen-bond donors (Lipinski definition) is 3. The van der Waals surface area contributed by atoms with Crippen molar-refractivity contribution in [1.29, 1.82) is 0 Å². The maximum Gasteiger partial charge on any atom is 0.515 e. The SMILES string of the molecule is [NH3+][C@@H](Cc1ccccc1)B(O)O. The average molecular weight is 166 g/mol. The maximum absolute atomic E-state index is 8.78. The molecule has 0 aliphatic carbocycles. The van der Waals surface area contributed by atoms with E-state index in [1.54, 1.807) is 0 Å². The molecule has 64 valence electrons. The van der Waals surface area contributed by atoms with Crippen LogP contribution in [0.3, 0.4) is 0 Å². The first-order valence-electron chi connectivity index (χ1n) is 3.93. The molecule has 0 radical (unpaired) electrons. The van der Waals surface area contributed by atoms with Gasteiger partial charge in [-0.2, -0.15) is 0 Å². The van der Waals surface area contributed by atoms with Crippen LogP contribution in [0.15, 0.2) is 30.3 Å². The summed E-state index contributed by atoms with van der Waals surface area (Å²) in [6, 6.07) is 9.66. The van der Waals surface area contributed by atoms with Gasteiger partial charge in [-0.25, -0.2) is 0 Å². The summed E-state index contributed by atoms with van der Waals surface area (Å²) in [6.07, 6.45) is 0.596. The highest BCUT2D eigenvalue weighted by molar-refractivity contribution is 6.42. The third-order valence-corrected chi connectivity index (χ3v) is 1.76. The molecular formula is C8H13BNO2+. The predicted molar refractivity (Wildman–Crippen MR) is 47.0 cm³/mol. The van der Waals surface area contributed by atoms with E-state index in [9.17, 15) is 0 Å². The topological polar surface area (TPSA) is 68.1 Å². The highest BCUT2D eigenvalue weighted by Crippen LogP contribution is 2.00. The minimum Gasteiger partial charge on any atom is -0.423 e. The standard InChI is InChI=1S/C8H12BNO2/c10-8(9(11)12)6-7-4-2-1-3-5-7/h1-5,8,11-12H,6,10H2/p+1/t8-/m0/s1. The van der Waals surface area contributed by atoms with Crippen LogP contribution >= 0.6 is 0 Å².